The van der Waals surface area contributed by atoms with Crippen molar-refractivity contribution in [2.45, 2.75) is 0 Å². The molecule has 0 amide bonds. The molecule has 8 aromatic carbocycles. The van der Waals surface area contributed by atoms with Crippen LogP contribution in [0.4, 0.5) is 8.78 Å². The standard InChI is InChI=1S/C36H30NP2.2C6H5FO.Fe.2NO/c1-7-19-31(20-8-1)38(32-21-9-2-10-22-32,33-23-11-3-12-24-33)37-39(34-25-13-4-14-26-34,35-27-15-5-16-28-35)36-29-17-6-18-30-36;2*7-5-1-3-6(8)4-2-5;;2*1-2/h1-30H;2*1-4,8H;;;/q+1;;;;;/p-2. The van der Waals surface area contributed by atoms with Gasteiger partial charge in [-0.1, -0.05) is 170 Å². The molecule has 7 nitrogen and oxygen atoms in total. The maximum atomic E-state index is 11.9. The molecular weight excluding hydrogens is 838 g/mol. The molecule has 0 saturated carbocycles. The van der Waals surface area contributed by atoms with Gasteiger partial charge in [-0.3, -0.25) is 0 Å². The van der Waals surface area contributed by atoms with Crippen LogP contribution in [0.15, 0.2) is 235 Å². The second kappa shape index (κ2) is 25.2. The first-order valence-corrected chi connectivity index (χ1v) is 21.5. The second-order valence-corrected chi connectivity index (χ2v) is 18.6. The van der Waals surface area contributed by atoms with Gasteiger partial charge in [0.2, 0.25) is 7.41 Å². The van der Waals surface area contributed by atoms with Crippen molar-refractivity contribution in [1.29, 1.82) is 0 Å². The van der Waals surface area contributed by atoms with E-state index in [1.54, 1.807) is 0 Å². The fraction of sp³-hybridized carbons (Fsp3) is 0. The normalized spacial score (nSPS) is 10.1. The van der Waals surface area contributed by atoms with Gasteiger partial charge in [-0.15, -0.1) is 25.8 Å². The Morgan fingerprint density at radius 1 is 0.367 bits per heavy atom. The molecule has 0 atom stereocenters. The average Bonchev–Trinajstić information content (AvgIpc) is 3.32. The van der Waals surface area contributed by atoms with Gasteiger partial charge in [0, 0.05) is 33.0 Å². The number of rotatable bonds is 7. The zero-order valence-electron chi connectivity index (χ0n) is 31.9. The monoisotopic (exact) mass is 876 g/mol. The van der Waals surface area contributed by atoms with Gasteiger partial charge >= 0.3 is 0 Å². The molecule has 0 aromatic heterocycles. The van der Waals surface area contributed by atoms with E-state index in [0.29, 0.717) is 0 Å². The Kier molecular flexibility index (Phi) is 20.1. The van der Waals surface area contributed by atoms with E-state index >= 15 is 0 Å². The number of hydrogen-bond acceptors (Lipinski definition) is 5. The molecule has 0 saturated heterocycles. The van der Waals surface area contributed by atoms with Gasteiger partial charge in [-0.25, -0.2) is 8.78 Å². The zero-order valence-corrected chi connectivity index (χ0v) is 34.8. The average molecular weight is 877 g/mol. The Hall–Kier alpha value is -6.40. The van der Waals surface area contributed by atoms with Crippen LogP contribution in [0.3, 0.4) is 0 Å². The molecule has 0 aliphatic carbocycles. The number of nitroso groups, excluding NO2 is 2. The third-order valence-corrected chi connectivity index (χ3v) is 17.1. The minimum absolute atomic E-state index is 0. The largest absolute Gasteiger partial charge is 0.872 e. The van der Waals surface area contributed by atoms with Crippen molar-refractivity contribution < 1.29 is 36.1 Å². The van der Waals surface area contributed by atoms with Crippen LogP contribution in [-0.4, -0.2) is 0 Å². The summed E-state index contributed by atoms with van der Waals surface area (Å²) < 4.78 is 30.3. The van der Waals surface area contributed by atoms with Crippen molar-refractivity contribution in [1.82, 2.24) is 11.2 Å². The predicted octanol–water partition coefficient (Wildman–Crippen LogP) is 7.98. The quantitative estimate of drug-likeness (QED) is 0.119. The van der Waals surface area contributed by atoms with Crippen molar-refractivity contribution in [3.8, 4) is 11.5 Å². The summed E-state index contributed by atoms with van der Waals surface area (Å²) >= 11 is 0. The number of halogens is 2. The van der Waals surface area contributed by atoms with Crippen LogP contribution in [0.1, 0.15) is 0 Å². The molecule has 0 unspecified atom stereocenters. The maximum absolute atomic E-state index is 11.9. The number of benzene rings is 8. The zero-order chi connectivity index (χ0) is 42.4. The van der Waals surface area contributed by atoms with E-state index in [2.05, 4.69) is 182 Å². The first-order chi connectivity index (χ1) is 28.9. The number of nitrogens with zero attached hydrogens (tertiary/aromatic N) is 3. The summed E-state index contributed by atoms with van der Waals surface area (Å²) in [5.74, 6) is -1.06. The van der Waals surface area contributed by atoms with Gasteiger partial charge in [0.1, 0.15) is 45.8 Å². The molecule has 2 radical (unpaired) electrons. The summed E-state index contributed by atoms with van der Waals surface area (Å²) in [7, 11) is -4.99. The fourth-order valence-corrected chi connectivity index (χ4v) is 15.6. The van der Waals surface area contributed by atoms with Crippen LogP contribution in [-0.2, 0) is 17.1 Å². The first-order valence-electron chi connectivity index (χ1n) is 18.0. The second-order valence-electron chi connectivity index (χ2n) is 12.3. The molecule has 0 bridgehead atoms. The van der Waals surface area contributed by atoms with Gasteiger partial charge < -0.3 is 10.2 Å². The Labute approximate surface area is 359 Å². The van der Waals surface area contributed by atoms with Gasteiger partial charge in [-0.05, 0) is 60.7 Å². The molecule has 12 heteroatoms. The molecule has 302 valence electrons. The van der Waals surface area contributed by atoms with Gasteiger partial charge in [-0.2, -0.15) is 0 Å². The van der Waals surface area contributed by atoms with E-state index in [1.807, 2.05) is 0 Å². The van der Waals surface area contributed by atoms with E-state index in [9.17, 15) is 19.0 Å². The molecule has 0 fully saturated rings. The van der Waals surface area contributed by atoms with E-state index in [0.717, 1.165) is 24.3 Å². The first kappa shape index (κ1) is 48.0. The topological polar surface area (TPSA) is 137 Å². The van der Waals surface area contributed by atoms with Crippen LogP contribution in [0.25, 0.3) is 0 Å². The fourth-order valence-electron chi connectivity index (χ4n) is 6.14. The Morgan fingerprint density at radius 3 is 0.800 bits per heavy atom. The molecule has 8 rings (SSSR count). The smallest absolute Gasteiger partial charge is 0.228 e. The summed E-state index contributed by atoms with van der Waals surface area (Å²) in [6.45, 7) is 0. The molecule has 0 aliphatic rings. The maximum Gasteiger partial charge on any atom is 0.228 e. The Balaban J connectivity index is 0.000000378. The summed E-state index contributed by atoms with van der Waals surface area (Å²) in [5.41, 5.74) is 11.5. The summed E-state index contributed by atoms with van der Waals surface area (Å²) in [6.07, 6.45) is 0. The summed E-state index contributed by atoms with van der Waals surface area (Å²) in [6, 6.07) is 75.0. The molecular formula is C48H38F2FeN3O4P2-. The van der Waals surface area contributed by atoms with E-state index < -0.39 is 14.5 Å². The third-order valence-electron chi connectivity index (χ3n) is 8.67. The molecule has 0 N–H and O–H groups in total. The molecule has 0 aliphatic heterocycles. The van der Waals surface area contributed by atoms with E-state index in [1.165, 1.54) is 56.1 Å². The third kappa shape index (κ3) is 12.3. The Morgan fingerprint density at radius 2 is 0.583 bits per heavy atom. The van der Waals surface area contributed by atoms with Crippen LogP contribution in [0, 0.1) is 21.4 Å². The molecule has 8 aromatic rings. The van der Waals surface area contributed by atoms with Crippen molar-refractivity contribution >= 4 is 46.3 Å². The minimum atomic E-state index is -2.50. The van der Waals surface area contributed by atoms with E-state index in [4.69, 9.17) is 25.5 Å². The number of hydrogen-bond donors (Lipinski definition) is 0. The van der Waals surface area contributed by atoms with Crippen molar-refractivity contribution in [2.24, 2.45) is 4.52 Å². The van der Waals surface area contributed by atoms with Crippen molar-refractivity contribution in [3.05, 3.63) is 252 Å². The molecule has 60 heavy (non-hydrogen) atoms. The van der Waals surface area contributed by atoms with Gasteiger partial charge in [0.25, 0.3) is 0 Å². The van der Waals surface area contributed by atoms with Crippen LogP contribution in [0.2, 0.25) is 0 Å². The van der Waals surface area contributed by atoms with Crippen LogP contribution >= 0.6 is 14.5 Å². The minimum Gasteiger partial charge on any atom is -0.872 e. The molecule has 0 heterocycles. The van der Waals surface area contributed by atoms with E-state index in [-0.39, 0.29) is 40.2 Å². The van der Waals surface area contributed by atoms with Crippen molar-refractivity contribution in [3.63, 3.8) is 0 Å². The summed E-state index contributed by atoms with van der Waals surface area (Å²) in [5, 5.41) is 28.1. The molecule has 0 spiro atoms. The van der Waals surface area contributed by atoms with Gasteiger partial charge in [0.15, 0.2) is 0 Å². The van der Waals surface area contributed by atoms with Gasteiger partial charge in [0.05, 0.1) is 0 Å². The SMILES string of the molecule is [Fe].[N]=O.[N]=O.[O-]c1ccc(F)cc1.[O-]c1ccc(F)cc1.c1ccc(P(=N[P+](c2ccccc2)(c2ccccc2)c2ccccc2)(c2ccccc2)c2ccccc2)cc1. The van der Waals surface area contributed by atoms with Crippen LogP contribution < -0.4 is 53.2 Å². The van der Waals surface area contributed by atoms with Crippen LogP contribution in [0.5, 0.6) is 11.5 Å². The predicted molar refractivity (Wildman–Crippen MR) is 235 cm³/mol. The van der Waals surface area contributed by atoms with Crippen molar-refractivity contribution in [2.75, 3.05) is 0 Å². The Bertz CT molecular complexity index is 2160. The summed E-state index contributed by atoms with van der Waals surface area (Å²) in [4.78, 5) is 14.5.